The van der Waals surface area contributed by atoms with Gasteiger partial charge in [0.2, 0.25) is 0 Å². The summed E-state index contributed by atoms with van der Waals surface area (Å²) in [6.07, 6.45) is 0. The molecule has 2 N–H and O–H groups in total. The Kier molecular flexibility index (Phi) is 3.62. The van der Waals surface area contributed by atoms with Crippen LogP contribution in [0, 0.1) is 6.92 Å². The maximum Gasteiger partial charge on any atom is 0.320 e. The fourth-order valence-electron chi connectivity index (χ4n) is 2.23. The number of benzene rings is 1. The minimum absolute atomic E-state index is 0.228. The van der Waals surface area contributed by atoms with E-state index in [4.69, 9.17) is 0 Å². The Hall–Kier alpha value is -2.34. The van der Waals surface area contributed by atoms with E-state index in [1.165, 1.54) is 10.1 Å². The molecule has 0 radical (unpaired) electrons. The van der Waals surface area contributed by atoms with Gasteiger partial charge in [0.1, 0.15) is 5.82 Å². The van der Waals surface area contributed by atoms with Gasteiger partial charge < -0.3 is 5.32 Å². The minimum Gasteiger partial charge on any atom is -0.334 e. The number of amides is 2. The van der Waals surface area contributed by atoms with Crippen LogP contribution in [0.3, 0.4) is 0 Å². The van der Waals surface area contributed by atoms with Crippen molar-refractivity contribution in [1.82, 2.24) is 15.1 Å². The Morgan fingerprint density at radius 2 is 2.19 bits per heavy atom. The minimum atomic E-state index is -0.228. The quantitative estimate of drug-likeness (QED) is 0.780. The third kappa shape index (κ3) is 2.90. The number of nitrogens with zero attached hydrogens (tertiary/aromatic N) is 2. The predicted molar refractivity (Wildman–Crippen MR) is 85.6 cm³/mol. The largest absolute Gasteiger partial charge is 0.334 e. The zero-order valence-electron chi connectivity index (χ0n) is 11.9. The fourth-order valence-corrected chi connectivity index (χ4v) is 3.20. The molecule has 0 saturated carbocycles. The summed E-state index contributed by atoms with van der Waals surface area (Å²) in [5, 5.41) is 13.1. The number of anilines is 1. The monoisotopic (exact) mass is 300 g/mol. The van der Waals surface area contributed by atoms with Crippen molar-refractivity contribution in [2.75, 3.05) is 5.32 Å². The van der Waals surface area contributed by atoms with E-state index < -0.39 is 0 Å². The lowest BCUT2D eigenvalue weighted by Crippen LogP contribution is -2.28. The summed E-state index contributed by atoms with van der Waals surface area (Å²) in [4.78, 5) is 11.9. The highest BCUT2D eigenvalue weighted by Gasteiger charge is 2.08. The van der Waals surface area contributed by atoms with Crippen LogP contribution in [0.25, 0.3) is 10.1 Å². The lowest BCUT2D eigenvalue weighted by Gasteiger charge is -2.07. The average Bonchev–Trinajstić information content (AvgIpc) is 3.00. The molecule has 0 bridgehead atoms. The molecule has 6 heteroatoms. The normalized spacial score (nSPS) is 10.8. The maximum absolute atomic E-state index is 11.9. The van der Waals surface area contributed by atoms with Crippen molar-refractivity contribution >= 4 is 33.3 Å². The molecule has 0 aliphatic carbocycles. The van der Waals surface area contributed by atoms with E-state index in [1.807, 2.05) is 25.1 Å². The molecular formula is C15H16N4OS. The topological polar surface area (TPSA) is 59.0 Å². The standard InChI is InChI=1S/C15H16N4OS/c1-10-7-14(19(2)18-10)17-15(20)16-8-11-9-21-13-6-4-3-5-12(11)13/h3-7,9H,8H2,1-2H3,(H2,16,17,20). The molecule has 0 unspecified atom stereocenters. The summed E-state index contributed by atoms with van der Waals surface area (Å²) < 4.78 is 2.88. The van der Waals surface area contributed by atoms with Crippen LogP contribution >= 0.6 is 11.3 Å². The van der Waals surface area contributed by atoms with E-state index in [-0.39, 0.29) is 6.03 Å². The third-order valence-electron chi connectivity index (χ3n) is 3.24. The molecule has 0 atom stereocenters. The van der Waals surface area contributed by atoms with Crippen molar-refractivity contribution in [3.8, 4) is 0 Å². The molecule has 2 aromatic heterocycles. The SMILES string of the molecule is Cc1cc(NC(=O)NCc2csc3ccccc23)n(C)n1. The number of hydrogen-bond donors (Lipinski definition) is 2. The molecular weight excluding hydrogens is 284 g/mol. The second-order valence-corrected chi connectivity index (χ2v) is 5.77. The van der Waals surface area contributed by atoms with Gasteiger partial charge in [-0.05, 0) is 29.3 Å². The van der Waals surface area contributed by atoms with Gasteiger partial charge in [-0.1, -0.05) is 18.2 Å². The van der Waals surface area contributed by atoms with Crippen LogP contribution in [-0.4, -0.2) is 15.8 Å². The van der Waals surface area contributed by atoms with Gasteiger partial charge in [-0.3, -0.25) is 10.00 Å². The van der Waals surface area contributed by atoms with E-state index in [1.54, 1.807) is 23.1 Å². The number of fused-ring (bicyclic) bond motifs is 1. The summed E-state index contributed by atoms with van der Waals surface area (Å²) in [5.74, 6) is 0.681. The second kappa shape index (κ2) is 5.57. The Balaban J connectivity index is 1.65. The van der Waals surface area contributed by atoms with Gasteiger partial charge in [0, 0.05) is 24.4 Å². The van der Waals surface area contributed by atoms with Crippen LogP contribution in [0.1, 0.15) is 11.3 Å². The molecule has 0 aliphatic heterocycles. The molecule has 3 aromatic rings. The smallest absolute Gasteiger partial charge is 0.320 e. The molecule has 0 fully saturated rings. The van der Waals surface area contributed by atoms with E-state index in [0.29, 0.717) is 12.4 Å². The molecule has 108 valence electrons. The number of urea groups is 1. The molecule has 2 heterocycles. The number of rotatable bonds is 3. The number of carbonyl (C=O) groups is 1. The number of hydrogen-bond acceptors (Lipinski definition) is 3. The van der Waals surface area contributed by atoms with Crippen LogP contribution in [0.2, 0.25) is 0 Å². The predicted octanol–water partition coefficient (Wildman–Crippen LogP) is 3.26. The van der Waals surface area contributed by atoms with E-state index in [0.717, 1.165) is 11.3 Å². The first-order chi connectivity index (χ1) is 10.1. The van der Waals surface area contributed by atoms with Crippen LogP contribution in [0.15, 0.2) is 35.7 Å². The van der Waals surface area contributed by atoms with Crippen LogP contribution in [-0.2, 0) is 13.6 Å². The molecule has 0 spiro atoms. The Morgan fingerprint density at radius 3 is 2.95 bits per heavy atom. The highest BCUT2D eigenvalue weighted by molar-refractivity contribution is 7.17. The van der Waals surface area contributed by atoms with Crippen molar-refractivity contribution in [3.05, 3.63) is 47.0 Å². The number of nitrogens with one attached hydrogen (secondary N) is 2. The highest BCUT2D eigenvalue weighted by atomic mass is 32.1. The molecule has 2 amide bonds. The van der Waals surface area contributed by atoms with E-state index in [2.05, 4.69) is 33.2 Å². The van der Waals surface area contributed by atoms with Crippen molar-refractivity contribution in [1.29, 1.82) is 0 Å². The van der Waals surface area contributed by atoms with Gasteiger partial charge in [-0.2, -0.15) is 5.10 Å². The van der Waals surface area contributed by atoms with Crippen molar-refractivity contribution in [2.45, 2.75) is 13.5 Å². The molecule has 3 rings (SSSR count). The second-order valence-electron chi connectivity index (χ2n) is 4.86. The Labute approximate surface area is 126 Å². The lowest BCUT2D eigenvalue weighted by molar-refractivity contribution is 0.251. The van der Waals surface area contributed by atoms with Gasteiger partial charge in [0.25, 0.3) is 0 Å². The summed E-state index contributed by atoms with van der Waals surface area (Å²) in [7, 11) is 1.80. The average molecular weight is 300 g/mol. The van der Waals surface area contributed by atoms with Crippen LogP contribution < -0.4 is 10.6 Å². The highest BCUT2D eigenvalue weighted by Crippen LogP contribution is 2.25. The van der Waals surface area contributed by atoms with Gasteiger partial charge >= 0.3 is 6.03 Å². The van der Waals surface area contributed by atoms with Crippen molar-refractivity contribution in [2.24, 2.45) is 7.05 Å². The summed E-state index contributed by atoms with van der Waals surface area (Å²) in [6.45, 7) is 2.40. The zero-order valence-corrected chi connectivity index (χ0v) is 12.7. The van der Waals surface area contributed by atoms with Gasteiger partial charge in [-0.15, -0.1) is 11.3 Å². The number of carbonyl (C=O) groups excluding carboxylic acids is 1. The summed E-state index contributed by atoms with van der Waals surface area (Å²) in [6, 6.07) is 9.80. The number of thiophene rings is 1. The van der Waals surface area contributed by atoms with Crippen molar-refractivity contribution in [3.63, 3.8) is 0 Å². The maximum atomic E-state index is 11.9. The molecule has 5 nitrogen and oxygen atoms in total. The van der Waals surface area contributed by atoms with Crippen LogP contribution in [0.4, 0.5) is 10.6 Å². The summed E-state index contributed by atoms with van der Waals surface area (Å²) >= 11 is 1.69. The summed E-state index contributed by atoms with van der Waals surface area (Å²) in [5.41, 5.74) is 2.00. The Bertz CT molecular complexity index is 790. The number of aryl methyl sites for hydroxylation is 2. The molecule has 0 saturated heterocycles. The van der Waals surface area contributed by atoms with Gasteiger partial charge in [-0.25, -0.2) is 4.79 Å². The Morgan fingerprint density at radius 1 is 1.38 bits per heavy atom. The van der Waals surface area contributed by atoms with Gasteiger partial charge in [0.15, 0.2) is 0 Å². The lowest BCUT2D eigenvalue weighted by atomic mass is 10.2. The third-order valence-corrected chi connectivity index (χ3v) is 4.26. The first-order valence-corrected chi connectivity index (χ1v) is 7.52. The molecule has 21 heavy (non-hydrogen) atoms. The number of aromatic nitrogens is 2. The fraction of sp³-hybridized carbons (Fsp3) is 0.200. The first kappa shape index (κ1) is 13.6. The van der Waals surface area contributed by atoms with E-state index >= 15 is 0 Å². The first-order valence-electron chi connectivity index (χ1n) is 6.64. The van der Waals surface area contributed by atoms with Crippen molar-refractivity contribution < 1.29 is 4.79 Å². The zero-order chi connectivity index (χ0) is 14.8. The van der Waals surface area contributed by atoms with Gasteiger partial charge in [0.05, 0.1) is 5.69 Å². The molecule has 1 aromatic carbocycles. The van der Waals surface area contributed by atoms with E-state index in [9.17, 15) is 4.79 Å². The molecule has 0 aliphatic rings. The van der Waals surface area contributed by atoms with Crippen LogP contribution in [0.5, 0.6) is 0 Å².